The van der Waals surface area contributed by atoms with Gasteiger partial charge in [0.2, 0.25) is 11.8 Å². The van der Waals surface area contributed by atoms with Gasteiger partial charge in [0.05, 0.1) is 16.1 Å². The van der Waals surface area contributed by atoms with Crippen molar-refractivity contribution in [3.8, 4) is 11.8 Å². The number of benzene rings is 1. The van der Waals surface area contributed by atoms with Crippen LogP contribution < -0.4 is 10.6 Å². The maximum atomic E-state index is 12.7. The average molecular weight is 379 g/mol. The molecule has 1 aliphatic carbocycles. The van der Waals surface area contributed by atoms with Crippen LogP contribution in [-0.2, 0) is 9.59 Å². The van der Waals surface area contributed by atoms with Gasteiger partial charge in [0.25, 0.3) is 0 Å². The molecule has 0 heterocycles. The van der Waals surface area contributed by atoms with Crippen LogP contribution in [0.15, 0.2) is 30.9 Å². The monoisotopic (exact) mass is 378 g/mol. The van der Waals surface area contributed by atoms with E-state index in [0.29, 0.717) is 28.5 Å². The lowest BCUT2D eigenvalue weighted by Gasteiger charge is -2.29. The van der Waals surface area contributed by atoms with Crippen LogP contribution in [0.25, 0.3) is 0 Å². The van der Waals surface area contributed by atoms with Crippen molar-refractivity contribution < 1.29 is 9.59 Å². The zero-order chi connectivity index (χ0) is 18.4. The fourth-order valence-corrected chi connectivity index (χ4v) is 3.11. The van der Waals surface area contributed by atoms with E-state index in [4.69, 9.17) is 23.2 Å². The van der Waals surface area contributed by atoms with Gasteiger partial charge in [0.15, 0.2) is 0 Å². The molecule has 0 spiro atoms. The fraction of sp³-hybridized carbons (Fsp3) is 0.368. The molecule has 4 nitrogen and oxygen atoms in total. The predicted molar refractivity (Wildman–Crippen MR) is 100 cm³/mol. The number of halogens is 2. The molecule has 6 heteroatoms. The zero-order valence-corrected chi connectivity index (χ0v) is 15.5. The molecule has 1 saturated carbocycles. The number of hydrogen-bond acceptors (Lipinski definition) is 2. The maximum Gasteiger partial charge on any atom is 0.246 e. The van der Waals surface area contributed by atoms with E-state index in [9.17, 15) is 9.59 Å². The lowest BCUT2D eigenvalue weighted by atomic mass is 9.95. The number of rotatable bonds is 4. The summed E-state index contributed by atoms with van der Waals surface area (Å²) in [5, 5.41) is 6.55. The number of amides is 2. The first-order chi connectivity index (χ1) is 11.9. The Hall–Kier alpha value is -1.96. The molecule has 1 atom stereocenters. The van der Waals surface area contributed by atoms with Crippen LogP contribution in [0, 0.1) is 11.8 Å². The summed E-state index contributed by atoms with van der Waals surface area (Å²) in [6.45, 7) is 5.24. The van der Waals surface area contributed by atoms with E-state index in [1.807, 2.05) is 0 Å². The van der Waals surface area contributed by atoms with Gasteiger partial charge in [0, 0.05) is 5.56 Å². The molecule has 1 fully saturated rings. The van der Waals surface area contributed by atoms with Crippen LogP contribution in [0.4, 0.5) is 0 Å². The minimum absolute atomic E-state index is 0.212. The summed E-state index contributed by atoms with van der Waals surface area (Å²) in [4.78, 5) is 24.3. The average Bonchev–Trinajstić information content (AvgIpc) is 3.05. The summed E-state index contributed by atoms with van der Waals surface area (Å²) in [5.41, 5.74) is -0.156. The first-order valence-corrected chi connectivity index (χ1v) is 8.84. The molecule has 1 aromatic carbocycles. The summed E-state index contributed by atoms with van der Waals surface area (Å²) < 4.78 is 0. The molecule has 2 N–H and O–H groups in total. The topological polar surface area (TPSA) is 58.2 Å². The highest BCUT2D eigenvalue weighted by atomic mass is 35.5. The highest BCUT2D eigenvalue weighted by Crippen LogP contribution is 2.30. The lowest BCUT2D eigenvalue weighted by Crippen LogP contribution is -2.58. The smallest absolute Gasteiger partial charge is 0.246 e. The van der Waals surface area contributed by atoms with E-state index in [-0.39, 0.29) is 17.9 Å². The van der Waals surface area contributed by atoms with Gasteiger partial charge in [-0.2, -0.15) is 0 Å². The van der Waals surface area contributed by atoms with Gasteiger partial charge in [-0.25, -0.2) is 0 Å². The molecule has 2 amide bonds. The molecule has 132 valence electrons. The molecule has 2 rings (SSSR count). The summed E-state index contributed by atoms with van der Waals surface area (Å²) in [5.74, 6) is 5.38. The fourth-order valence-electron chi connectivity index (χ4n) is 2.81. The number of nitrogens with one attached hydrogen (secondary N) is 2. The van der Waals surface area contributed by atoms with Crippen molar-refractivity contribution in [1.82, 2.24) is 10.6 Å². The van der Waals surface area contributed by atoms with Gasteiger partial charge in [-0.15, -0.1) is 0 Å². The molecule has 1 aliphatic rings. The Labute approximate surface area is 158 Å². The van der Waals surface area contributed by atoms with Crippen molar-refractivity contribution in [2.45, 2.75) is 44.2 Å². The third-order valence-corrected chi connectivity index (χ3v) is 4.88. The molecule has 1 unspecified atom stereocenters. The predicted octanol–water partition coefficient (Wildman–Crippen LogP) is 3.46. The Kier molecular flexibility index (Phi) is 6.52. The number of carbonyl (C=O) groups is 2. The number of carbonyl (C=O) groups excluding carboxylic acids is 2. The Morgan fingerprint density at radius 3 is 2.56 bits per heavy atom. The van der Waals surface area contributed by atoms with Crippen LogP contribution in [0.5, 0.6) is 0 Å². The van der Waals surface area contributed by atoms with Gasteiger partial charge in [-0.3, -0.25) is 9.59 Å². The van der Waals surface area contributed by atoms with Gasteiger partial charge in [-0.05, 0) is 44.0 Å². The summed E-state index contributed by atoms with van der Waals surface area (Å²) in [6, 6.07) is 4.74. The molecule has 0 bridgehead atoms. The first kappa shape index (κ1) is 19.4. The van der Waals surface area contributed by atoms with Crippen molar-refractivity contribution in [2.75, 3.05) is 0 Å². The molecular weight excluding hydrogens is 359 g/mol. The quantitative estimate of drug-likeness (QED) is 0.622. The Morgan fingerprint density at radius 1 is 1.28 bits per heavy atom. The highest BCUT2D eigenvalue weighted by molar-refractivity contribution is 6.42. The largest absolute Gasteiger partial charge is 0.341 e. The van der Waals surface area contributed by atoms with E-state index >= 15 is 0 Å². The molecule has 0 aromatic heterocycles. The SMILES string of the molecule is C=CC(=O)NC1(C(=O)NC(C)C#Cc2ccc(Cl)c(Cl)c2)CCCC1. The van der Waals surface area contributed by atoms with Gasteiger partial charge in [0.1, 0.15) is 5.54 Å². The Morgan fingerprint density at radius 2 is 1.96 bits per heavy atom. The van der Waals surface area contributed by atoms with E-state index in [0.717, 1.165) is 12.8 Å². The molecular formula is C19H20Cl2N2O2. The van der Waals surface area contributed by atoms with Crippen molar-refractivity contribution in [2.24, 2.45) is 0 Å². The molecule has 0 saturated heterocycles. The second-order valence-electron chi connectivity index (χ2n) is 6.08. The van der Waals surface area contributed by atoms with Crippen LogP contribution in [-0.4, -0.2) is 23.4 Å². The summed E-state index contributed by atoms with van der Waals surface area (Å²) in [7, 11) is 0. The third-order valence-electron chi connectivity index (χ3n) is 4.14. The Bertz CT molecular complexity index is 744. The van der Waals surface area contributed by atoms with Crippen LogP contribution in [0.3, 0.4) is 0 Å². The lowest BCUT2D eigenvalue weighted by molar-refractivity contribution is -0.132. The molecule has 1 aromatic rings. The van der Waals surface area contributed by atoms with E-state index in [1.165, 1.54) is 6.08 Å². The zero-order valence-electron chi connectivity index (χ0n) is 14.0. The summed E-state index contributed by atoms with van der Waals surface area (Å²) in [6.07, 6.45) is 4.21. The normalized spacial score (nSPS) is 16.3. The third kappa shape index (κ3) is 5.01. The van der Waals surface area contributed by atoms with Gasteiger partial charge < -0.3 is 10.6 Å². The van der Waals surface area contributed by atoms with E-state index in [1.54, 1.807) is 25.1 Å². The van der Waals surface area contributed by atoms with Crippen molar-refractivity contribution >= 4 is 35.0 Å². The number of hydrogen-bond donors (Lipinski definition) is 2. The second-order valence-corrected chi connectivity index (χ2v) is 6.89. The first-order valence-electron chi connectivity index (χ1n) is 8.08. The van der Waals surface area contributed by atoms with Crippen molar-refractivity contribution in [3.63, 3.8) is 0 Å². The van der Waals surface area contributed by atoms with Gasteiger partial charge in [-0.1, -0.05) is 54.5 Å². The van der Waals surface area contributed by atoms with Crippen LogP contribution in [0.2, 0.25) is 10.0 Å². The van der Waals surface area contributed by atoms with Crippen molar-refractivity contribution in [3.05, 3.63) is 46.5 Å². The van der Waals surface area contributed by atoms with E-state index < -0.39 is 5.54 Å². The molecule has 0 radical (unpaired) electrons. The Balaban J connectivity index is 2.05. The molecule has 0 aliphatic heterocycles. The highest BCUT2D eigenvalue weighted by Gasteiger charge is 2.42. The summed E-state index contributed by atoms with van der Waals surface area (Å²) >= 11 is 11.8. The minimum Gasteiger partial charge on any atom is -0.341 e. The van der Waals surface area contributed by atoms with Crippen molar-refractivity contribution in [1.29, 1.82) is 0 Å². The van der Waals surface area contributed by atoms with E-state index in [2.05, 4.69) is 29.1 Å². The maximum absolute atomic E-state index is 12.7. The second kappa shape index (κ2) is 8.42. The van der Waals surface area contributed by atoms with Gasteiger partial charge >= 0.3 is 0 Å². The van der Waals surface area contributed by atoms with Crippen LogP contribution >= 0.6 is 23.2 Å². The molecule has 25 heavy (non-hydrogen) atoms. The standard InChI is InChI=1S/C19H20Cl2N2O2/c1-3-17(24)23-19(10-4-5-11-19)18(25)22-13(2)6-7-14-8-9-15(20)16(21)12-14/h3,8-9,12-13H,1,4-5,10-11H2,2H3,(H,22,25)(H,23,24). The minimum atomic E-state index is -0.870. The van der Waals surface area contributed by atoms with Crippen LogP contribution in [0.1, 0.15) is 38.2 Å².